The zero-order chi connectivity index (χ0) is 13.2. The zero-order valence-corrected chi connectivity index (χ0v) is 10.8. The molecule has 1 aromatic rings. The van der Waals surface area contributed by atoms with Crippen LogP contribution in [0.5, 0.6) is 0 Å². The molecule has 2 amide bonds. The molecule has 1 unspecified atom stereocenters. The molecular weight excluding hydrogens is 244 g/mol. The molecule has 1 saturated heterocycles. The van der Waals surface area contributed by atoms with Crippen molar-refractivity contribution >= 4 is 11.8 Å². The number of hydrogen-bond donors (Lipinski definition) is 1. The van der Waals surface area contributed by atoms with Crippen molar-refractivity contribution in [3.8, 4) is 0 Å². The topological polar surface area (TPSA) is 67.2 Å². The Hall–Kier alpha value is -1.69. The lowest BCUT2D eigenvalue weighted by Crippen LogP contribution is -2.40. The van der Waals surface area contributed by atoms with Gasteiger partial charge >= 0.3 is 0 Å². The number of aryl methyl sites for hydroxylation is 1. The largest absolute Gasteiger partial charge is 0.337 e. The van der Waals surface area contributed by atoms with Gasteiger partial charge in [-0.25, -0.2) is 4.98 Å². The van der Waals surface area contributed by atoms with Crippen molar-refractivity contribution in [3.63, 3.8) is 0 Å². The van der Waals surface area contributed by atoms with Crippen LogP contribution in [0.1, 0.15) is 25.7 Å². The average Bonchev–Trinajstić information content (AvgIpc) is 2.99. The van der Waals surface area contributed by atoms with Crippen molar-refractivity contribution in [2.24, 2.45) is 0 Å². The van der Waals surface area contributed by atoms with Gasteiger partial charge in [0, 0.05) is 25.0 Å². The highest BCUT2D eigenvalue weighted by molar-refractivity contribution is 6.06. The van der Waals surface area contributed by atoms with E-state index in [1.54, 1.807) is 12.5 Å². The van der Waals surface area contributed by atoms with Crippen LogP contribution in [0.3, 0.4) is 0 Å². The minimum Gasteiger partial charge on any atom is -0.337 e. The summed E-state index contributed by atoms with van der Waals surface area (Å²) >= 11 is 0. The third-order valence-electron chi connectivity index (χ3n) is 3.64. The monoisotopic (exact) mass is 262 g/mol. The Labute approximate surface area is 111 Å². The predicted octanol–water partition coefficient (Wildman–Crippen LogP) is 0.153. The highest BCUT2D eigenvalue weighted by Crippen LogP contribution is 2.31. The molecule has 1 aliphatic heterocycles. The lowest BCUT2D eigenvalue weighted by atomic mass is 10.2. The van der Waals surface area contributed by atoms with Crippen LogP contribution < -0.4 is 5.32 Å². The quantitative estimate of drug-likeness (QED) is 0.585. The van der Waals surface area contributed by atoms with Crippen molar-refractivity contribution < 1.29 is 9.59 Å². The highest BCUT2D eigenvalue weighted by atomic mass is 16.2. The van der Waals surface area contributed by atoms with Crippen LogP contribution in [0, 0.1) is 0 Å². The Morgan fingerprint density at radius 1 is 1.37 bits per heavy atom. The second kappa shape index (κ2) is 5.13. The van der Waals surface area contributed by atoms with Gasteiger partial charge in [0.05, 0.1) is 18.8 Å². The summed E-state index contributed by atoms with van der Waals surface area (Å²) in [7, 11) is 0. The van der Waals surface area contributed by atoms with Gasteiger partial charge in [0.25, 0.3) is 0 Å². The van der Waals surface area contributed by atoms with Crippen LogP contribution in [0.15, 0.2) is 18.7 Å². The molecule has 2 heterocycles. The Morgan fingerprint density at radius 3 is 2.89 bits per heavy atom. The maximum Gasteiger partial charge on any atom is 0.247 e. The number of aromatic nitrogens is 2. The standard InChI is InChI=1S/C13H18N4O2/c18-12-8-11(13(19)17(12)10-2-3-10)15-4-1-6-16-7-5-14-9-16/h5,7,9-11,15H,1-4,6,8H2. The van der Waals surface area contributed by atoms with Crippen molar-refractivity contribution in [3.05, 3.63) is 18.7 Å². The molecule has 0 bridgehead atoms. The Morgan fingerprint density at radius 2 is 2.21 bits per heavy atom. The molecule has 1 aromatic heterocycles. The maximum atomic E-state index is 12.0. The van der Waals surface area contributed by atoms with Crippen LogP contribution in [0.25, 0.3) is 0 Å². The van der Waals surface area contributed by atoms with Gasteiger partial charge in [-0.15, -0.1) is 0 Å². The Bertz CT molecular complexity index is 467. The summed E-state index contributed by atoms with van der Waals surface area (Å²) in [6.45, 7) is 1.61. The van der Waals surface area contributed by atoms with E-state index in [-0.39, 0.29) is 23.9 Å². The molecular formula is C13H18N4O2. The fourth-order valence-corrected chi connectivity index (χ4v) is 2.48. The van der Waals surface area contributed by atoms with E-state index in [0.717, 1.165) is 32.4 Å². The number of likely N-dealkylation sites (tertiary alicyclic amines) is 1. The summed E-state index contributed by atoms with van der Waals surface area (Å²) in [5.74, 6) is -0.0465. The summed E-state index contributed by atoms with van der Waals surface area (Å²) in [6.07, 6.45) is 8.63. The first-order valence-electron chi connectivity index (χ1n) is 6.81. The van der Waals surface area contributed by atoms with Crippen molar-refractivity contribution in [2.75, 3.05) is 6.54 Å². The minimum atomic E-state index is -0.309. The van der Waals surface area contributed by atoms with Gasteiger partial charge in [-0.2, -0.15) is 0 Å². The molecule has 6 heteroatoms. The van der Waals surface area contributed by atoms with Crippen LogP contribution in [0.2, 0.25) is 0 Å². The number of amides is 2. The molecule has 0 aromatic carbocycles. The van der Waals surface area contributed by atoms with Crippen molar-refractivity contribution in [2.45, 2.75) is 44.3 Å². The van der Waals surface area contributed by atoms with Gasteiger partial charge in [0.15, 0.2) is 0 Å². The van der Waals surface area contributed by atoms with Gasteiger partial charge in [-0.3, -0.25) is 14.5 Å². The van der Waals surface area contributed by atoms with E-state index in [9.17, 15) is 9.59 Å². The van der Waals surface area contributed by atoms with Crippen molar-refractivity contribution in [1.29, 1.82) is 0 Å². The Balaban J connectivity index is 1.43. The van der Waals surface area contributed by atoms with E-state index < -0.39 is 0 Å². The molecule has 1 N–H and O–H groups in total. The molecule has 102 valence electrons. The SMILES string of the molecule is O=C1CC(NCCCn2ccnc2)C(=O)N1C1CC1. The summed E-state index contributed by atoms with van der Waals surface area (Å²) in [4.78, 5) is 29.2. The molecule has 2 aliphatic rings. The molecule has 1 saturated carbocycles. The molecule has 0 spiro atoms. The first-order chi connectivity index (χ1) is 9.25. The first-order valence-corrected chi connectivity index (χ1v) is 6.81. The van der Waals surface area contributed by atoms with E-state index in [1.807, 2.05) is 10.8 Å². The van der Waals surface area contributed by atoms with Gasteiger partial charge < -0.3 is 9.88 Å². The lowest BCUT2D eigenvalue weighted by molar-refractivity contribution is -0.139. The van der Waals surface area contributed by atoms with Gasteiger partial charge in [0.2, 0.25) is 11.8 Å². The number of carbonyl (C=O) groups is 2. The molecule has 1 aliphatic carbocycles. The van der Waals surface area contributed by atoms with Crippen molar-refractivity contribution in [1.82, 2.24) is 19.8 Å². The molecule has 3 rings (SSSR count). The van der Waals surface area contributed by atoms with Crippen LogP contribution in [0.4, 0.5) is 0 Å². The third kappa shape index (κ3) is 2.68. The minimum absolute atomic E-state index is 0.0143. The fraction of sp³-hybridized carbons (Fsp3) is 0.615. The van der Waals surface area contributed by atoms with Gasteiger partial charge in [0.1, 0.15) is 0 Å². The molecule has 1 atom stereocenters. The second-order valence-electron chi connectivity index (χ2n) is 5.20. The van der Waals surface area contributed by atoms with E-state index in [0.29, 0.717) is 6.42 Å². The third-order valence-corrected chi connectivity index (χ3v) is 3.64. The molecule has 6 nitrogen and oxygen atoms in total. The number of carbonyl (C=O) groups excluding carboxylic acids is 2. The number of nitrogens with zero attached hydrogens (tertiary/aromatic N) is 3. The van der Waals surface area contributed by atoms with E-state index in [2.05, 4.69) is 10.3 Å². The summed E-state index contributed by atoms with van der Waals surface area (Å²) in [5, 5.41) is 3.19. The number of hydrogen-bond acceptors (Lipinski definition) is 4. The number of imide groups is 1. The summed E-state index contributed by atoms with van der Waals surface area (Å²) in [6, 6.07) is -0.117. The summed E-state index contributed by atoms with van der Waals surface area (Å²) < 4.78 is 2.00. The highest BCUT2D eigenvalue weighted by Gasteiger charge is 2.45. The zero-order valence-electron chi connectivity index (χ0n) is 10.8. The molecule has 2 fully saturated rings. The van der Waals surface area contributed by atoms with E-state index in [1.165, 1.54) is 4.90 Å². The van der Waals surface area contributed by atoms with Crippen LogP contribution in [-0.4, -0.2) is 44.9 Å². The van der Waals surface area contributed by atoms with E-state index >= 15 is 0 Å². The maximum absolute atomic E-state index is 12.0. The number of rotatable bonds is 6. The normalized spacial score (nSPS) is 23.4. The van der Waals surface area contributed by atoms with Crippen LogP contribution >= 0.6 is 0 Å². The van der Waals surface area contributed by atoms with Gasteiger partial charge in [-0.1, -0.05) is 0 Å². The average molecular weight is 262 g/mol. The number of nitrogens with one attached hydrogen (secondary N) is 1. The number of imidazole rings is 1. The second-order valence-corrected chi connectivity index (χ2v) is 5.20. The first kappa shape index (κ1) is 12.3. The molecule has 0 radical (unpaired) electrons. The van der Waals surface area contributed by atoms with E-state index in [4.69, 9.17) is 0 Å². The fourth-order valence-electron chi connectivity index (χ4n) is 2.48. The Kier molecular flexibility index (Phi) is 3.33. The molecule has 19 heavy (non-hydrogen) atoms. The van der Waals surface area contributed by atoms with Crippen LogP contribution in [-0.2, 0) is 16.1 Å². The smallest absolute Gasteiger partial charge is 0.247 e. The van der Waals surface area contributed by atoms with Gasteiger partial charge in [-0.05, 0) is 25.8 Å². The summed E-state index contributed by atoms with van der Waals surface area (Å²) in [5.41, 5.74) is 0. The lowest BCUT2D eigenvalue weighted by Gasteiger charge is -2.14. The predicted molar refractivity (Wildman–Crippen MR) is 68.1 cm³/mol.